The number of esters is 1. The summed E-state index contributed by atoms with van der Waals surface area (Å²) in [5, 5.41) is 0. The molecular weight excluding hydrogens is 284 g/mol. The summed E-state index contributed by atoms with van der Waals surface area (Å²) in [7, 11) is 1.38. The number of aryl methyl sites for hydroxylation is 1. The molecule has 1 unspecified atom stereocenters. The van der Waals surface area contributed by atoms with E-state index in [0.717, 1.165) is 30.3 Å². The Morgan fingerprint density at radius 2 is 1.94 bits per heavy atom. The van der Waals surface area contributed by atoms with Gasteiger partial charge in [-0.1, -0.05) is 40.2 Å². The molecule has 0 saturated carbocycles. The number of benzene rings is 1. The minimum Gasteiger partial charge on any atom is -0.469 e. The minimum absolute atomic E-state index is 0.0859. The van der Waals surface area contributed by atoms with Crippen LogP contribution >= 0.6 is 15.9 Å². The van der Waals surface area contributed by atoms with Gasteiger partial charge in [-0.15, -0.1) is 0 Å². The van der Waals surface area contributed by atoms with Gasteiger partial charge in [-0.3, -0.25) is 4.79 Å². The highest BCUT2D eigenvalue weighted by Crippen LogP contribution is 2.11. The van der Waals surface area contributed by atoms with Crippen LogP contribution in [0.3, 0.4) is 0 Å². The number of hydrogen-bond donors (Lipinski definition) is 0. The molecule has 0 N–H and O–H groups in total. The molecule has 1 atom stereocenters. The van der Waals surface area contributed by atoms with E-state index in [2.05, 4.69) is 20.7 Å². The topological polar surface area (TPSA) is 43.4 Å². The number of ether oxygens (including phenoxy) is 1. The average Bonchev–Trinajstić information content (AvgIpc) is 2.37. The van der Waals surface area contributed by atoms with Crippen LogP contribution in [0.4, 0.5) is 0 Å². The van der Waals surface area contributed by atoms with Gasteiger partial charge in [-0.2, -0.15) is 0 Å². The predicted molar refractivity (Wildman–Crippen MR) is 69.3 cm³/mol. The Balaban J connectivity index is 2.50. The van der Waals surface area contributed by atoms with Gasteiger partial charge in [0.2, 0.25) is 0 Å². The molecule has 4 heteroatoms. The van der Waals surface area contributed by atoms with Crippen molar-refractivity contribution in [2.45, 2.75) is 24.1 Å². The Kier molecular flexibility index (Phi) is 5.91. The summed E-state index contributed by atoms with van der Waals surface area (Å²) < 4.78 is 4.59. The Hall–Kier alpha value is -1.16. The smallest absolute Gasteiger partial charge is 0.309 e. The highest BCUT2D eigenvalue weighted by Gasteiger charge is 2.04. The molecule has 0 heterocycles. The molecule has 0 saturated heterocycles. The fraction of sp³-hybridized carbons (Fsp3) is 0.385. The van der Waals surface area contributed by atoms with Gasteiger partial charge in [0.1, 0.15) is 6.29 Å². The lowest BCUT2D eigenvalue weighted by molar-refractivity contribution is -0.139. The number of methoxy groups -OCH3 is 1. The summed E-state index contributed by atoms with van der Waals surface area (Å²) in [6.45, 7) is 0. The molecular formula is C13H15BrO3. The van der Waals surface area contributed by atoms with Crippen LogP contribution < -0.4 is 0 Å². The monoisotopic (exact) mass is 298 g/mol. The van der Waals surface area contributed by atoms with Crippen LogP contribution in [0.2, 0.25) is 0 Å². The van der Waals surface area contributed by atoms with Crippen molar-refractivity contribution in [3.63, 3.8) is 0 Å². The predicted octanol–water partition coefficient (Wildman–Crippen LogP) is 2.30. The maximum absolute atomic E-state index is 11.1. The Labute approximate surface area is 109 Å². The second kappa shape index (κ2) is 7.22. The molecule has 3 nitrogen and oxygen atoms in total. The zero-order valence-corrected chi connectivity index (χ0v) is 11.3. The lowest BCUT2D eigenvalue weighted by Gasteiger charge is -2.04. The molecule has 0 spiro atoms. The van der Waals surface area contributed by atoms with E-state index in [9.17, 15) is 9.59 Å². The average molecular weight is 299 g/mol. The number of carbonyl (C=O) groups excluding carboxylic acids is 2. The molecule has 0 amide bonds. The zero-order chi connectivity index (χ0) is 12.7. The molecule has 92 valence electrons. The first-order chi connectivity index (χ1) is 8.15. The lowest BCUT2D eigenvalue weighted by Crippen LogP contribution is -2.04. The van der Waals surface area contributed by atoms with Crippen LogP contribution in [0.5, 0.6) is 0 Å². The second-order valence-electron chi connectivity index (χ2n) is 3.76. The van der Waals surface area contributed by atoms with E-state index in [1.807, 2.05) is 24.3 Å². The number of aldehydes is 1. The lowest BCUT2D eigenvalue weighted by atomic mass is 10.0. The summed E-state index contributed by atoms with van der Waals surface area (Å²) >= 11 is 3.26. The van der Waals surface area contributed by atoms with Gasteiger partial charge in [0.05, 0.1) is 18.4 Å². The van der Waals surface area contributed by atoms with E-state index in [1.165, 1.54) is 7.11 Å². The van der Waals surface area contributed by atoms with E-state index in [0.29, 0.717) is 6.42 Å². The van der Waals surface area contributed by atoms with E-state index in [1.54, 1.807) is 0 Å². The first-order valence-corrected chi connectivity index (χ1v) is 6.31. The van der Waals surface area contributed by atoms with Crippen LogP contribution in [0.25, 0.3) is 0 Å². The van der Waals surface area contributed by atoms with Crippen LogP contribution in [-0.2, 0) is 27.2 Å². The standard InChI is InChI=1S/C13H15BrO3/c1-17-13(16)8-11-4-2-10(3-5-11)6-7-12(14)9-15/h2-5,9,12H,6-8H2,1H3. The van der Waals surface area contributed by atoms with Crippen molar-refractivity contribution in [1.29, 1.82) is 0 Å². The normalized spacial score (nSPS) is 11.9. The van der Waals surface area contributed by atoms with Crippen LogP contribution in [0.15, 0.2) is 24.3 Å². The van der Waals surface area contributed by atoms with Gasteiger partial charge in [0.15, 0.2) is 0 Å². The molecule has 0 bridgehead atoms. The second-order valence-corrected chi connectivity index (χ2v) is 4.94. The van der Waals surface area contributed by atoms with Crippen molar-refractivity contribution >= 4 is 28.2 Å². The minimum atomic E-state index is -0.237. The number of carbonyl (C=O) groups is 2. The van der Waals surface area contributed by atoms with Crippen LogP contribution in [0, 0.1) is 0 Å². The van der Waals surface area contributed by atoms with Gasteiger partial charge in [0, 0.05) is 0 Å². The summed E-state index contributed by atoms with van der Waals surface area (Å²) in [6, 6.07) is 7.78. The van der Waals surface area contributed by atoms with Gasteiger partial charge in [-0.05, 0) is 24.0 Å². The van der Waals surface area contributed by atoms with Gasteiger partial charge >= 0.3 is 5.97 Å². The molecule has 0 aliphatic heterocycles. The summed E-state index contributed by atoms with van der Waals surface area (Å²) in [6.07, 6.45) is 2.81. The Bertz CT molecular complexity index is 373. The molecule has 0 aromatic heterocycles. The first kappa shape index (κ1) is 13.9. The van der Waals surface area contributed by atoms with Gasteiger partial charge < -0.3 is 9.53 Å². The fourth-order valence-corrected chi connectivity index (χ4v) is 1.66. The van der Waals surface area contributed by atoms with Gasteiger partial charge in [0.25, 0.3) is 0 Å². The summed E-state index contributed by atoms with van der Waals surface area (Å²) in [5.41, 5.74) is 2.09. The fourth-order valence-electron chi connectivity index (χ4n) is 1.44. The van der Waals surface area contributed by atoms with Crippen molar-refractivity contribution in [2.75, 3.05) is 7.11 Å². The highest BCUT2D eigenvalue weighted by atomic mass is 79.9. The van der Waals surface area contributed by atoms with Crippen LogP contribution in [0.1, 0.15) is 17.5 Å². The summed E-state index contributed by atoms with van der Waals surface area (Å²) in [4.78, 5) is 21.4. The third-order valence-corrected chi connectivity index (χ3v) is 3.13. The maximum Gasteiger partial charge on any atom is 0.309 e. The van der Waals surface area contributed by atoms with E-state index >= 15 is 0 Å². The molecule has 0 aliphatic rings. The quantitative estimate of drug-likeness (QED) is 0.460. The van der Waals surface area contributed by atoms with Crippen molar-refractivity contribution in [1.82, 2.24) is 0 Å². The molecule has 0 fully saturated rings. The largest absolute Gasteiger partial charge is 0.469 e. The van der Waals surface area contributed by atoms with Crippen molar-refractivity contribution in [3.05, 3.63) is 35.4 Å². The third-order valence-electron chi connectivity index (χ3n) is 2.46. The summed E-state index contributed by atoms with van der Waals surface area (Å²) in [5.74, 6) is -0.237. The van der Waals surface area contributed by atoms with Gasteiger partial charge in [-0.25, -0.2) is 0 Å². The SMILES string of the molecule is COC(=O)Cc1ccc(CCC(Br)C=O)cc1. The molecule has 0 radical (unpaired) electrons. The van der Waals surface area contributed by atoms with Crippen molar-refractivity contribution in [3.8, 4) is 0 Å². The molecule has 1 rings (SSSR count). The van der Waals surface area contributed by atoms with Crippen molar-refractivity contribution < 1.29 is 14.3 Å². The Morgan fingerprint density at radius 3 is 2.47 bits per heavy atom. The third kappa shape index (κ3) is 5.13. The number of rotatable bonds is 6. The molecule has 0 aliphatic carbocycles. The zero-order valence-electron chi connectivity index (χ0n) is 9.69. The van der Waals surface area contributed by atoms with E-state index in [4.69, 9.17) is 0 Å². The van der Waals surface area contributed by atoms with Crippen molar-refractivity contribution in [2.24, 2.45) is 0 Å². The van der Waals surface area contributed by atoms with E-state index in [-0.39, 0.29) is 10.8 Å². The number of hydrogen-bond acceptors (Lipinski definition) is 3. The maximum atomic E-state index is 11.1. The highest BCUT2D eigenvalue weighted by molar-refractivity contribution is 9.09. The molecule has 17 heavy (non-hydrogen) atoms. The molecule has 1 aromatic carbocycles. The number of alkyl halides is 1. The van der Waals surface area contributed by atoms with Crippen LogP contribution in [-0.4, -0.2) is 24.2 Å². The number of halogens is 1. The Morgan fingerprint density at radius 1 is 1.35 bits per heavy atom. The molecule has 1 aromatic rings. The first-order valence-electron chi connectivity index (χ1n) is 5.39. The van der Waals surface area contributed by atoms with E-state index < -0.39 is 0 Å².